The van der Waals surface area contributed by atoms with E-state index in [1.807, 2.05) is 24.8 Å². The average Bonchev–Trinajstić information content (AvgIpc) is 3.19. The molecule has 2 heterocycles. The van der Waals surface area contributed by atoms with E-state index in [0.29, 0.717) is 0 Å². The van der Waals surface area contributed by atoms with E-state index in [2.05, 4.69) is 168 Å². The molecule has 10 rings (SSSR count). The van der Waals surface area contributed by atoms with Crippen LogP contribution in [0.15, 0.2) is 183 Å². The minimum atomic E-state index is 1.15. The van der Waals surface area contributed by atoms with Crippen LogP contribution in [-0.4, -0.2) is 9.97 Å². The van der Waals surface area contributed by atoms with Gasteiger partial charge in [0.25, 0.3) is 0 Å². The fraction of sp³-hybridized carbons (Fsp3) is 0. The van der Waals surface area contributed by atoms with Gasteiger partial charge in [-0.1, -0.05) is 146 Å². The van der Waals surface area contributed by atoms with Crippen LogP contribution in [0.4, 0.5) is 0 Å². The largest absolute Gasteiger partial charge is 0.264 e. The molecule has 50 heavy (non-hydrogen) atoms. The molecule has 10 aromatic rings. The van der Waals surface area contributed by atoms with Gasteiger partial charge >= 0.3 is 0 Å². The van der Waals surface area contributed by atoms with E-state index < -0.39 is 0 Å². The summed E-state index contributed by atoms with van der Waals surface area (Å²) >= 11 is 0. The molecule has 0 saturated heterocycles. The highest BCUT2D eigenvalue weighted by Gasteiger charge is 2.22. The first-order chi connectivity index (χ1) is 24.9. The molecule has 8 aromatic carbocycles. The summed E-state index contributed by atoms with van der Waals surface area (Å²) in [5.41, 5.74) is 9.72. The Balaban J connectivity index is 1.31. The van der Waals surface area contributed by atoms with Crippen LogP contribution in [0.5, 0.6) is 0 Å². The van der Waals surface area contributed by atoms with Crippen LogP contribution in [0.25, 0.3) is 98.4 Å². The number of nitrogens with zero attached hydrogens (tertiary/aromatic N) is 2. The minimum absolute atomic E-state index is 1.15. The Morgan fingerprint density at radius 3 is 0.960 bits per heavy atom. The lowest BCUT2D eigenvalue weighted by Gasteiger charge is -2.21. The third-order valence-electron chi connectivity index (χ3n) is 10.2. The molecule has 0 aliphatic heterocycles. The summed E-state index contributed by atoms with van der Waals surface area (Å²) in [5.74, 6) is 0. The van der Waals surface area contributed by atoms with Crippen molar-refractivity contribution in [3.63, 3.8) is 0 Å². The zero-order valence-corrected chi connectivity index (χ0v) is 27.2. The van der Waals surface area contributed by atoms with Crippen molar-refractivity contribution < 1.29 is 0 Å². The second-order valence-corrected chi connectivity index (χ2v) is 12.9. The van der Waals surface area contributed by atoms with Crippen molar-refractivity contribution in [2.75, 3.05) is 0 Å². The first kappa shape index (κ1) is 28.4. The fourth-order valence-electron chi connectivity index (χ4n) is 8.19. The van der Waals surface area contributed by atoms with Crippen molar-refractivity contribution in [1.82, 2.24) is 9.97 Å². The lowest BCUT2D eigenvalue weighted by atomic mass is 9.82. The quantitative estimate of drug-likeness (QED) is 0.180. The topological polar surface area (TPSA) is 25.8 Å². The highest BCUT2D eigenvalue weighted by Crippen LogP contribution is 2.49. The van der Waals surface area contributed by atoms with Gasteiger partial charge < -0.3 is 0 Å². The Labute approximate surface area is 290 Å². The molecule has 0 atom stereocenters. The summed E-state index contributed by atoms with van der Waals surface area (Å²) in [5, 5.41) is 12.0. The second-order valence-electron chi connectivity index (χ2n) is 12.9. The molecular formula is C48H30N2. The molecule has 2 heteroatoms. The molecule has 0 radical (unpaired) electrons. The Morgan fingerprint density at radius 1 is 0.240 bits per heavy atom. The van der Waals surface area contributed by atoms with E-state index in [9.17, 15) is 0 Å². The maximum absolute atomic E-state index is 4.68. The second kappa shape index (κ2) is 11.5. The molecule has 2 aromatic heterocycles. The summed E-state index contributed by atoms with van der Waals surface area (Å²) in [6, 6.07) is 57.0. The van der Waals surface area contributed by atoms with Gasteiger partial charge in [0.15, 0.2) is 0 Å². The number of aromatic nitrogens is 2. The van der Waals surface area contributed by atoms with E-state index in [4.69, 9.17) is 0 Å². The highest BCUT2D eigenvalue weighted by molar-refractivity contribution is 6.27. The lowest BCUT2D eigenvalue weighted by molar-refractivity contribution is 1.37. The molecule has 0 fully saturated rings. The summed E-state index contributed by atoms with van der Waals surface area (Å²) in [6.07, 6.45) is 7.91. The number of pyridine rings is 2. The Hall–Kier alpha value is -6.64. The van der Waals surface area contributed by atoms with Crippen LogP contribution in [0, 0.1) is 0 Å². The number of fused-ring (bicyclic) bond motifs is 5. The molecule has 0 aliphatic carbocycles. The van der Waals surface area contributed by atoms with Gasteiger partial charge in [0.05, 0.1) is 0 Å². The van der Waals surface area contributed by atoms with Crippen molar-refractivity contribution in [3.05, 3.63) is 183 Å². The molecule has 232 valence electrons. The lowest BCUT2D eigenvalue weighted by Crippen LogP contribution is -1.94. The van der Waals surface area contributed by atoms with Crippen LogP contribution in [0.3, 0.4) is 0 Å². The predicted molar refractivity (Wildman–Crippen MR) is 211 cm³/mol. The molecule has 0 bridgehead atoms. The smallest absolute Gasteiger partial charge is 0.0353 e. The van der Waals surface area contributed by atoms with Crippen LogP contribution >= 0.6 is 0 Å². The molecule has 0 saturated carbocycles. The van der Waals surface area contributed by atoms with Gasteiger partial charge in [0.2, 0.25) is 0 Å². The van der Waals surface area contributed by atoms with Crippen LogP contribution in [0.1, 0.15) is 0 Å². The molecule has 0 spiro atoms. The minimum Gasteiger partial charge on any atom is -0.264 e. The molecule has 0 unspecified atom stereocenters. The van der Waals surface area contributed by atoms with Crippen molar-refractivity contribution >= 4 is 53.9 Å². The number of hydrogen-bond acceptors (Lipinski definition) is 2. The van der Waals surface area contributed by atoms with E-state index in [-0.39, 0.29) is 0 Å². The van der Waals surface area contributed by atoms with Crippen molar-refractivity contribution in [1.29, 1.82) is 0 Å². The zero-order chi connectivity index (χ0) is 33.0. The Morgan fingerprint density at radius 2 is 0.560 bits per heavy atom. The number of rotatable bonds is 4. The van der Waals surface area contributed by atoms with Crippen LogP contribution < -0.4 is 0 Å². The normalized spacial score (nSPS) is 11.6. The molecule has 2 nitrogen and oxygen atoms in total. The monoisotopic (exact) mass is 634 g/mol. The van der Waals surface area contributed by atoms with E-state index in [1.54, 1.807) is 0 Å². The van der Waals surface area contributed by atoms with Crippen LogP contribution in [0.2, 0.25) is 0 Å². The first-order valence-electron chi connectivity index (χ1n) is 17.1. The molecule has 0 aliphatic rings. The summed E-state index contributed by atoms with van der Waals surface area (Å²) in [7, 11) is 0. The maximum atomic E-state index is 4.68. The van der Waals surface area contributed by atoms with Gasteiger partial charge in [-0.15, -0.1) is 0 Å². The fourth-order valence-corrected chi connectivity index (χ4v) is 8.19. The summed E-state index contributed by atoms with van der Waals surface area (Å²) < 4.78 is 0. The van der Waals surface area contributed by atoms with E-state index in [0.717, 1.165) is 10.8 Å². The predicted octanol–water partition coefficient (Wildman–Crippen LogP) is 12.9. The van der Waals surface area contributed by atoms with Crippen molar-refractivity contribution in [2.24, 2.45) is 0 Å². The Bertz CT molecular complexity index is 2600. The van der Waals surface area contributed by atoms with Gasteiger partial charge in [0.1, 0.15) is 0 Å². The summed E-state index contributed by atoms with van der Waals surface area (Å²) in [4.78, 5) is 9.36. The summed E-state index contributed by atoms with van der Waals surface area (Å²) in [6.45, 7) is 0. The van der Waals surface area contributed by atoms with Gasteiger partial charge in [-0.2, -0.15) is 0 Å². The van der Waals surface area contributed by atoms with Gasteiger partial charge in [0, 0.05) is 35.6 Å². The molecule has 0 N–H and O–H groups in total. The third kappa shape index (κ3) is 4.29. The number of benzene rings is 8. The Kier molecular flexibility index (Phi) is 6.53. The third-order valence-corrected chi connectivity index (χ3v) is 10.2. The van der Waals surface area contributed by atoms with E-state index >= 15 is 0 Å². The van der Waals surface area contributed by atoms with Crippen molar-refractivity contribution in [3.8, 4) is 44.5 Å². The van der Waals surface area contributed by atoms with E-state index in [1.165, 1.54) is 87.6 Å². The SMILES string of the molecule is c1ccc(-c2c3ccccc3c(-c3ccc(-c4c5ccccc5c(-c5ccccc5)c5ccncc45)c4ccccc34)c3cnccc23)cc1. The van der Waals surface area contributed by atoms with Gasteiger partial charge in [-0.25, -0.2) is 0 Å². The number of hydrogen-bond donors (Lipinski definition) is 0. The van der Waals surface area contributed by atoms with Crippen LogP contribution in [-0.2, 0) is 0 Å². The van der Waals surface area contributed by atoms with Crippen molar-refractivity contribution in [2.45, 2.75) is 0 Å². The molecule has 0 amide bonds. The molecular weight excluding hydrogens is 605 g/mol. The van der Waals surface area contributed by atoms with Gasteiger partial charge in [-0.3, -0.25) is 9.97 Å². The maximum Gasteiger partial charge on any atom is 0.0353 e. The first-order valence-corrected chi connectivity index (χ1v) is 17.1. The van der Waals surface area contributed by atoms with Gasteiger partial charge in [-0.05, 0) is 99.7 Å². The highest BCUT2D eigenvalue weighted by atomic mass is 14.6. The average molecular weight is 635 g/mol. The standard InChI is InChI=1S/C48H30N2/c1-3-13-31(14-4-1)45-35-19-9-11-21-37(35)47(43-29-49-27-25-41(43)45)39-23-24-40(34-18-8-7-17-33(34)39)48-38-22-12-10-20-36(38)46(32-15-5-2-6-16-32)42-26-28-50-30-44(42)48/h1-30H. The zero-order valence-electron chi connectivity index (χ0n) is 27.2.